The van der Waals surface area contributed by atoms with Gasteiger partial charge in [-0.25, -0.2) is 4.39 Å². The SMILES string of the molecule is COCO[C@H]1[C@H](OCOC)[C@@H](OCOC)[C@H]2[C@@H]([C@@H]1OCOC)N2CCCCC#Cc1ccc(F)cc1. The molecular weight excluding hydrogens is 473 g/mol. The Bertz CT molecular complexity index is 784. The van der Waals surface area contributed by atoms with E-state index in [-0.39, 0.29) is 57.3 Å². The summed E-state index contributed by atoms with van der Waals surface area (Å²) in [6, 6.07) is 6.38. The monoisotopic (exact) mass is 511 g/mol. The Hall–Kier alpha value is -1.65. The maximum Gasteiger partial charge on any atom is 0.146 e. The first-order valence-corrected chi connectivity index (χ1v) is 12.1. The second-order valence-corrected chi connectivity index (χ2v) is 8.64. The van der Waals surface area contributed by atoms with E-state index in [1.807, 2.05) is 0 Å². The van der Waals surface area contributed by atoms with E-state index in [2.05, 4.69) is 16.7 Å². The van der Waals surface area contributed by atoms with Gasteiger partial charge in [-0.1, -0.05) is 11.8 Å². The number of halogens is 1. The molecule has 1 aromatic carbocycles. The molecule has 0 radical (unpaired) electrons. The molecule has 1 aliphatic carbocycles. The Balaban J connectivity index is 1.64. The van der Waals surface area contributed by atoms with Gasteiger partial charge in [0.05, 0.1) is 12.1 Å². The van der Waals surface area contributed by atoms with Crippen LogP contribution in [-0.2, 0) is 37.9 Å². The van der Waals surface area contributed by atoms with Crippen LogP contribution in [0.3, 0.4) is 0 Å². The molecule has 1 aliphatic heterocycles. The highest BCUT2D eigenvalue weighted by Gasteiger charge is 2.66. The zero-order valence-corrected chi connectivity index (χ0v) is 21.5. The van der Waals surface area contributed by atoms with Gasteiger partial charge in [0.2, 0.25) is 0 Å². The summed E-state index contributed by atoms with van der Waals surface area (Å²) >= 11 is 0. The Kier molecular flexibility index (Phi) is 12.5. The van der Waals surface area contributed by atoms with E-state index in [1.165, 1.54) is 12.1 Å². The summed E-state index contributed by atoms with van der Waals surface area (Å²) in [5, 5.41) is 0. The number of unbranched alkanes of at least 4 members (excludes halogenated alkanes) is 2. The zero-order chi connectivity index (χ0) is 25.8. The van der Waals surface area contributed by atoms with Crippen LogP contribution in [0.5, 0.6) is 0 Å². The van der Waals surface area contributed by atoms with Crippen molar-refractivity contribution in [2.45, 2.75) is 55.8 Å². The van der Waals surface area contributed by atoms with E-state index in [1.54, 1.807) is 40.6 Å². The van der Waals surface area contributed by atoms with Gasteiger partial charge >= 0.3 is 0 Å². The van der Waals surface area contributed by atoms with Crippen molar-refractivity contribution < 1.29 is 42.3 Å². The fourth-order valence-corrected chi connectivity index (χ4v) is 4.70. The highest BCUT2D eigenvalue weighted by atomic mass is 19.1. The number of nitrogens with zero attached hydrogens (tertiary/aromatic N) is 1. The minimum Gasteiger partial charge on any atom is -0.359 e. The van der Waals surface area contributed by atoms with E-state index in [0.717, 1.165) is 31.4 Å². The van der Waals surface area contributed by atoms with Crippen molar-refractivity contribution in [1.82, 2.24) is 4.90 Å². The molecule has 7 atom stereocenters. The molecule has 3 rings (SSSR count). The van der Waals surface area contributed by atoms with Gasteiger partial charge in [0.25, 0.3) is 0 Å². The normalized spacial score (nSPS) is 28.9. The second kappa shape index (κ2) is 15.6. The van der Waals surface area contributed by atoms with Gasteiger partial charge in [-0.3, -0.25) is 4.90 Å². The van der Waals surface area contributed by atoms with Gasteiger partial charge < -0.3 is 37.9 Å². The quantitative estimate of drug-likeness (QED) is 0.144. The smallest absolute Gasteiger partial charge is 0.146 e. The fraction of sp³-hybridized carbons (Fsp3) is 0.692. The van der Waals surface area contributed by atoms with Gasteiger partial charge in [-0.15, -0.1) is 0 Å². The lowest BCUT2D eigenvalue weighted by atomic mass is 9.89. The van der Waals surface area contributed by atoms with Gasteiger partial charge in [0.15, 0.2) is 0 Å². The highest BCUT2D eigenvalue weighted by Crippen LogP contribution is 2.45. The third kappa shape index (κ3) is 7.92. The van der Waals surface area contributed by atoms with E-state index < -0.39 is 12.2 Å². The van der Waals surface area contributed by atoms with Crippen molar-refractivity contribution in [2.24, 2.45) is 0 Å². The summed E-state index contributed by atoms with van der Waals surface area (Å²) < 4.78 is 58.0. The first-order chi connectivity index (χ1) is 17.7. The molecule has 36 heavy (non-hydrogen) atoms. The van der Waals surface area contributed by atoms with Crippen LogP contribution in [0.1, 0.15) is 24.8 Å². The maximum atomic E-state index is 13.0. The van der Waals surface area contributed by atoms with E-state index in [0.29, 0.717) is 0 Å². The Labute approximate surface area is 213 Å². The lowest BCUT2D eigenvalue weighted by Crippen LogP contribution is -2.58. The van der Waals surface area contributed by atoms with E-state index in [4.69, 9.17) is 37.9 Å². The van der Waals surface area contributed by atoms with E-state index >= 15 is 0 Å². The molecule has 2 aliphatic rings. The minimum absolute atomic E-state index is 0.0801. The van der Waals surface area contributed by atoms with Crippen molar-refractivity contribution in [1.29, 1.82) is 0 Å². The summed E-state index contributed by atoms with van der Waals surface area (Å²) in [6.07, 6.45) is 1.14. The van der Waals surface area contributed by atoms with Crippen molar-refractivity contribution in [3.63, 3.8) is 0 Å². The predicted molar refractivity (Wildman–Crippen MR) is 128 cm³/mol. The maximum absolute atomic E-state index is 13.0. The third-order valence-corrected chi connectivity index (χ3v) is 6.23. The van der Waals surface area contributed by atoms with Crippen LogP contribution < -0.4 is 0 Å². The van der Waals surface area contributed by atoms with Crippen LogP contribution in [0.25, 0.3) is 0 Å². The largest absolute Gasteiger partial charge is 0.359 e. The number of rotatable bonds is 16. The summed E-state index contributed by atoms with van der Waals surface area (Å²) in [4.78, 5) is 2.35. The Morgan fingerprint density at radius 1 is 0.694 bits per heavy atom. The Morgan fingerprint density at radius 2 is 1.17 bits per heavy atom. The molecule has 1 heterocycles. The molecule has 0 bridgehead atoms. The van der Waals surface area contributed by atoms with Crippen molar-refractivity contribution in [3.05, 3.63) is 35.6 Å². The number of hydrogen-bond acceptors (Lipinski definition) is 9. The summed E-state index contributed by atoms with van der Waals surface area (Å²) in [6.45, 7) is 1.29. The van der Waals surface area contributed by atoms with Crippen LogP contribution >= 0.6 is 0 Å². The molecule has 1 aromatic rings. The molecule has 10 heteroatoms. The van der Waals surface area contributed by atoms with Crippen LogP contribution in [0.15, 0.2) is 24.3 Å². The highest BCUT2D eigenvalue weighted by molar-refractivity contribution is 5.33. The van der Waals surface area contributed by atoms with Crippen LogP contribution in [-0.4, -0.2) is 104 Å². The molecule has 1 saturated carbocycles. The van der Waals surface area contributed by atoms with Gasteiger partial charge in [-0.05, 0) is 43.7 Å². The van der Waals surface area contributed by atoms with Gasteiger partial charge in [-0.2, -0.15) is 0 Å². The van der Waals surface area contributed by atoms with Crippen molar-refractivity contribution in [3.8, 4) is 11.8 Å². The molecule has 1 unspecified atom stereocenters. The average molecular weight is 512 g/mol. The van der Waals surface area contributed by atoms with E-state index in [9.17, 15) is 4.39 Å². The zero-order valence-electron chi connectivity index (χ0n) is 21.5. The lowest BCUT2D eigenvalue weighted by Gasteiger charge is -2.40. The molecule has 0 spiro atoms. The minimum atomic E-state index is -0.454. The molecule has 202 valence electrons. The number of benzene rings is 1. The van der Waals surface area contributed by atoms with Crippen LogP contribution in [0.4, 0.5) is 4.39 Å². The number of ether oxygens (including phenoxy) is 8. The van der Waals surface area contributed by atoms with Crippen molar-refractivity contribution in [2.75, 3.05) is 62.2 Å². The average Bonchev–Trinajstić information content (AvgIpc) is 3.60. The molecule has 2 fully saturated rings. The van der Waals surface area contributed by atoms with Crippen LogP contribution in [0, 0.1) is 17.7 Å². The summed E-state index contributed by atoms with van der Waals surface area (Å²) in [5.74, 6) is 5.99. The van der Waals surface area contributed by atoms with Crippen LogP contribution in [0.2, 0.25) is 0 Å². The van der Waals surface area contributed by atoms with Gasteiger partial charge in [0, 0.05) is 40.4 Å². The van der Waals surface area contributed by atoms with Gasteiger partial charge in [0.1, 0.15) is 57.4 Å². The summed E-state index contributed by atoms with van der Waals surface area (Å²) in [5.41, 5.74) is 0.814. The number of fused-ring (bicyclic) bond motifs is 1. The lowest BCUT2D eigenvalue weighted by molar-refractivity contribution is -0.248. The molecule has 9 nitrogen and oxygen atoms in total. The number of hydrogen-bond donors (Lipinski definition) is 0. The standard InChI is InChI=1S/C26H38FNO8/c1-29-15-33-23-21-22(24(34-16-30-2)26(36-18-32-4)25(23)35-17-31-3)28(21)14-8-6-5-7-9-19-10-12-20(27)13-11-19/h10-13,21-26H,5-6,8,14-18H2,1-4H3/t21-,22+,23-,24-,25+,26+,28?/m0/s1. The molecule has 1 saturated heterocycles. The molecule has 0 amide bonds. The number of methoxy groups -OCH3 is 4. The number of likely N-dealkylation sites (tertiary alicyclic amines) is 1. The first-order valence-electron chi connectivity index (χ1n) is 12.1. The fourth-order valence-electron chi connectivity index (χ4n) is 4.70. The predicted octanol–water partition coefficient (Wildman–Crippen LogP) is 2.37. The first kappa shape index (κ1) is 28.9. The molecule has 0 aromatic heterocycles. The third-order valence-electron chi connectivity index (χ3n) is 6.23. The summed E-state index contributed by atoms with van der Waals surface area (Å²) in [7, 11) is 6.32. The second-order valence-electron chi connectivity index (χ2n) is 8.64. The van der Waals surface area contributed by atoms with Crippen molar-refractivity contribution >= 4 is 0 Å². The molecular formula is C26H38FNO8. The Morgan fingerprint density at radius 3 is 1.64 bits per heavy atom. The topological polar surface area (TPSA) is 76.9 Å². The molecule has 0 N–H and O–H groups in total.